The number of aryl methyl sites for hydroxylation is 1. The number of hydrogen-bond acceptors (Lipinski definition) is 4. The summed E-state index contributed by atoms with van der Waals surface area (Å²) >= 11 is 0. The maximum absolute atomic E-state index is 4.26. The Balaban J connectivity index is 1.56. The Kier molecular flexibility index (Phi) is 3.95. The van der Waals surface area contributed by atoms with E-state index in [9.17, 15) is 0 Å². The maximum atomic E-state index is 4.26. The smallest absolute Gasteiger partial charge is 0.137 e. The van der Waals surface area contributed by atoms with E-state index in [0.29, 0.717) is 0 Å². The fraction of sp³-hybridized carbons (Fsp3) is 0.267. The fourth-order valence-corrected chi connectivity index (χ4v) is 2.10. The predicted molar refractivity (Wildman–Crippen MR) is 80.8 cm³/mol. The first kappa shape index (κ1) is 13.4. The molecule has 0 aliphatic rings. The zero-order valence-electron chi connectivity index (χ0n) is 12.0. The summed E-state index contributed by atoms with van der Waals surface area (Å²) in [6.07, 6.45) is 7.23. The summed E-state index contributed by atoms with van der Waals surface area (Å²) in [7, 11) is 0. The van der Waals surface area contributed by atoms with Gasteiger partial charge in [-0.25, -0.2) is 9.67 Å². The highest BCUT2D eigenvalue weighted by molar-refractivity contribution is 5.45. The molecule has 0 aliphatic carbocycles. The molecule has 0 aliphatic heterocycles. The molecule has 108 valence electrons. The number of anilines is 1. The van der Waals surface area contributed by atoms with Crippen molar-refractivity contribution in [1.82, 2.24) is 24.5 Å². The second-order valence-electron chi connectivity index (χ2n) is 4.85. The minimum atomic E-state index is 0.740. The van der Waals surface area contributed by atoms with Crippen LogP contribution < -0.4 is 5.32 Å². The van der Waals surface area contributed by atoms with Crippen molar-refractivity contribution in [2.45, 2.75) is 26.6 Å². The summed E-state index contributed by atoms with van der Waals surface area (Å²) in [4.78, 5) is 3.94. The van der Waals surface area contributed by atoms with Crippen LogP contribution in [0.15, 0.2) is 49.3 Å². The average Bonchev–Trinajstić information content (AvgIpc) is 3.18. The third-order valence-electron chi connectivity index (χ3n) is 3.27. The highest BCUT2D eigenvalue weighted by Gasteiger charge is 1.99. The van der Waals surface area contributed by atoms with Crippen molar-refractivity contribution in [3.8, 4) is 0 Å². The number of hydrogen-bond donors (Lipinski definition) is 1. The van der Waals surface area contributed by atoms with E-state index in [1.165, 1.54) is 11.1 Å². The van der Waals surface area contributed by atoms with Crippen LogP contribution in [0.5, 0.6) is 0 Å². The third-order valence-corrected chi connectivity index (χ3v) is 3.27. The van der Waals surface area contributed by atoms with Crippen LogP contribution in [0, 0.1) is 0 Å². The first-order chi connectivity index (χ1) is 10.3. The Hall–Kier alpha value is -2.63. The molecule has 0 saturated carbocycles. The van der Waals surface area contributed by atoms with Crippen LogP contribution in [0.3, 0.4) is 0 Å². The van der Waals surface area contributed by atoms with E-state index < -0.39 is 0 Å². The highest BCUT2D eigenvalue weighted by Crippen LogP contribution is 2.12. The van der Waals surface area contributed by atoms with Gasteiger partial charge in [0.15, 0.2) is 0 Å². The lowest BCUT2D eigenvalue weighted by molar-refractivity contribution is 0.659. The molecule has 3 aromatic rings. The van der Waals surface area contributed by atoms with Crippen LogP contribution in [-0.2, 0) is 19.6 Å². The van der Waals surface area contributed by atoms with Gasteiger partial charge < -0.3 is 5.32 Å². The van der Waals surface area contributed by atoms with Crippen LogP contribution in [-0.4, -0.2) is 24.5 Å². The van der Waals surface area contributed by atoms with Gasteiger partial charge in [0.25, 0.3) is 0 Å². The van der Waals surface area contributed by atoms with Crippen molar-refractivity contribution in [3.05, 3.63) is 60.4 Å². The van der Waals surface area contributed by atoms with E-state index in [0.717, 1.165) is 25.3 Å². The van der Waals surface area contributed by atoms with Crippen LogP contribution in [0.25, 0.3) is 0 Å². The first-order valence-electron chi connectivity index (χ1n) is 7.00. The molecule has 2 heterocycles. The van der Waals surface area contributed by atoms with Gasteiger partial charge in [-0.15, -0.1) is 0 Å². The molecule has 0 bridgehead atoms. The largest absolute Gasteiger partial charge is 0.381 e. The van der Waals surface area contributed by atoms with E-state index in [-0.39, 0.29) is 0 Å². The predicted octanol–water partition coefficient (Wildman–Crippen LogP) is 2.15. The maximum Gasteiger partial charge on any atom is 0.137 e. The van der Waals surface area contributed by atoms with Gasteiger partial charge in [-0.3, -0.25) is 4.68 Å². The number of aromatic nitrogens is 5. The van der Waals surface area contributed by atoms with Gasteiger partial charge in [0.2, 0.25) is 0 Å². The summed E-state index contributed by atoms with van der Waals surface area (Å²) < 4.78 is 3.74. The van der Waals surface area contributed by atoms with Gasteiger partial charge in [-0.2, -0.15) is 10.2 Å². The van der Waals surface area contributed by atoms with Crippen LogP contribution in [0.1, 0.15) is 18.1 Å². The fourth-order valence-electron chi connectivity index (χ4n) is 2.10. The van der Waals surface area contributed by atoms with Crippen molar-refractivity contribution >= 4 is 5.69 Å². The van der Waals surface area contributed by atoms with Crippen LogP contribution in [0.2, 0.25) is 0 Å². The molecular formula is C15H18N6. The number of rotatable bonds is 6. The van der Waals surface area contributed by atoms with Crippen molar-refractivity contribution in [2.75, 3.05) is 5.32 Å². The molecule has 0 fully saturated rings. The minimum absolute atomic E-state index is 0.740. The van der Waals surface area contributed by atoms with Crippen LogP contribution >= 0.6 is 0 Å². The van der Waals surface area contributed by atoms with E-state index in [1.807, 2.05) is 15.6 Å². The molecule has 21 heavy (non-hydrogen) atoms. The summed E-state index contributed by atoms with van der Waals surface area (Å²) in [5.41, 5.74) is 3.48. The highest BCUT2D eigenvalue weighted by atomic mass is 15.3. The topological polar surface area (TPSA) is 60.6 Å². The molecule has 0 radical (unpaired) electrons. The van der Waals surface area contributed by atoms with E-state index in [2.05, 4.69) is 57.9 Å². The van der Waals surface area contributed by atoms with Gasteiger partial charge in [0.1, 0.15) is 12.7 Å². The first-order valence-corrected chi connectivity index (χ1v) is 7.00. The van der Waals surface area contributed by atoms with E-state index in [1.54, 1.807) is 12.7 Å². The second-order valence-corrected chi connectivity index (χ2v) is 4.85. The summed E-state index contributed by atoms with van der Waals surface area (Å²) in [6, 6.07) is 8.35. The summed E-state index contributed by atoms with van der Waals surface area (Å²) in [5.74, 6) is 0. The lowest BCUT2D eigenvalue weighted by Gasteiger charge is -2.06. The SMILES string of the molecule is CCn1cc(CNc2ccc(Cn3cncn3)cc2)cn1. The summed E-state index contributed by atoms with van der Waals surface area (Å²) in [6.45, 7) is 4.50. The number of nitrogens with one attached hydrogen (secondary N) is 1. The molecule has 0 unspecified atom stereocenters. The molecule has 3 rings (SSSR count). The molecule has 6 nitrogen and oxygen atoms in total. The Bertz CT molecular complexity index is 669. The molecule has 0 spiro atoms. The zero-order chi connectivity index (χ0) is 14.5. The average molecular weight is 282 g/mol. The standard InChI is InChI=1S/C15H18N6/c1-2-20-10-14(8-18-20)7-17-15-5-3-13(4-6-15)9-21-12-16-11-19-21/h3-6,8,10-12,17H,2,7,9H2,1H3. The molecule has 1 aromatic carbocycles. The third kappa shape index (κ3) is 3.47. The zero-order valence-corrected chi connectivity index (χ0v) is 12.0. The number of benzene rings is 1. The quantitative estimate of drug-likeness (QED) is 0.752. The van der Waals surface area contributed by atoms with Gasteiger partial charge in [-0.05, 0) is 24.6 Å². The normalized spacial score (nSPS) is 10.7. The summed E-state index contributed by atoms with van der Waals surface area (Å²) in [5, 5.41) is 11.8. The number of nitrogens with zero attached hydrogens (tertiary/aromatic N) is 5. The van der Waals surface area contributed by atoms with Crippen molar-refractivity contribution in [2.24, 2.45) is 0 Å². The van der Waals surface area contributed by atoms with Gasteiger partial charge in [0.05, 0.1) is 12.7 Å². The lowest BCUT2D eigenvalue weighted by atomic mass is 10.2. The Morgan fingerprint density at radius 2 is 1.90 bits per heavy atom. The van der Waals surface area contributed by atoms with Gasteiger partial charge >= 0.3 is 0 Å². The van der Waals surface area contributed by atoms with Gasteiger partial charge in [0, 0.05) is 30.5 Å². The molecule has 2 aromatic heterocycles. The van der Waals surface area contributed by atoms with Gasteiger partial charge in [-0.1, -0.05) is 12.1 Å². The minimum Gasteiger partial charge on any atom is -0.381 e. The Morgan fingerprint density at radius 1 is 1.05 bits per heavy atom. The molecule has 1 N–H and O–H groups in total. The van der Waals surface area contributed by atoms with Crippen LogP contribution in [0.4, 0.5) is 5.69 Å². The van der Waals surface area contributed by atoms with E-state index in [4.69, 9.17) is 0 Å². The molecule has 0 atom stereocenters. The molecule has 0 amide bonds. The molecule has 6 heteroatoms. The second kappa shape index (κ2) is 6.21. The van der Waals surface area contributed by atoms with Crippen molar-refractivity contribution in [3.63, 3.8) is 0 Å². The van der Waals surface area contributed by atoms with E-state index >= 15 is 0 Å². The Morgan fingerprint density at radius 3 is 2.57 bits per heavy atom. The molecule has 0 saturated heterocycles. The lowest BCUT2D eigenvalue weighted by Crippen LogP contribution is -2.01. The van der Waals surface area contributed by atoms with Crippen molar-refractivity contribution in [1.29, 1.82) is 0 Å². The Labute approximate surface area is 123 Å². The molecular weight excluding hydrogens is 264 g/mol. The van der Waals surface area contributed by atoms with Crippen molar-refractivity contribution < 1.29 is 0 Å². The monoisotopic (exact) mass is 282 g/mol.